The summed E-state index contributed by atoms with van der Waals surface area (Å²) in [6.07, 6.45) is 0. The first-order chi connectivity index (χ1) is 15.0. The molecule has 0 aliphatic heterocycles. The summed E-state index contributed by atoms with van der Waals surface area (Å²) < 4.78 is 31.5. The molecule has 1 N–H and O–H groups in total. The number of hydrogen-bond acceptors (Lipinski definition) is 5. The van der Waals surface area contributed by atoms with Gasteiger partial charge in [0.25, 0.3) is 0 Å². The highest BCUT2D eigenvalue weighted by Gasteiger charge is 2.21. The predicted molar refractivity (Wildman–Crippen MR) is 121 cm³/mol. The molecule has 31 heavy (non-hydrogen) atoms. The number of sulfone groups is 1. The van der Waals surface area contributed by atoms with E-state index in [4.69, 9.17) is 16.3 Å². The van der Waals surface area contributed by atoms with Gasteiger partial charge in [0.2, 0.25) is 9.84 Å². The van der Waals surface area contributed by atoms with Crippen LogP contribution in [0.5, 0.6) is 5.75 Å². The van der Waals surface area contributed by atoms with Crippen LogP contribution in [-0.4, -0.2) is 20.9 Å². The molecule has 4 aromatic rings. The molecule has 0 atom stereocenters. The highest BCUT2D eigenvalue weighted by molar-refractivity contribution is 7.91. The van der Waals surface area contributed by atoms with Crippen LogP contribution in [0.2, 0.25) is 5.02 Å². The Morgan fingerprint density at radius 3 is 2.23 bits per heavy atom. The molecule has 4 rings (SSSR count). The predicted octanol–water partition coefficient (Wildman–Crippen LogP) is 5.34. The van der Waals surface area contributed by atoms with Crippen molar-refractivity contribution in [2.24, 2.45) is 0 Å². The van der Waals surface area contributed by atoms with Crippen molar-refractivity contribution in [1.82, 2.24) is 0 Å². The Morgan fingerprint density at radius 1 is 0.806 bits per heavy atom. The van der Waals surface area contributed by atoms with Crippen LogP contribution in [0.15, 0.2) is 101 Å². The highest BCUT2D eigenvalue weighted by Crippen LogP contribution is 2.31. The Balaban J connectivity index is 1.54. The number of ether oxygens (including phenoxy) is 1. The number of fused-ring (bicyclic) bond motifs is 1. The normalized spacial score (nSPS) is 11.3. The van der Waals surface area contributed by atoms with E-state index in [9.17, 15) is 13.2 Å². The van der Waals surface area contributed by atoms with Gasteiger partial charge in [-0.25, -0.2) is 13.2 Å². The zero-order valence-corrected chi connectivity index (χ0v) is 17.9. The molecule has 0 bridgehead atoms. The van der Waals surface area contributed by atoms with Gasteiger partial charge in [-0.1, -0.05) is 66.2 Å². The summed E-state index contributed by atoms with van der Waals surface area (Å²) in [6, 6.07) is 25.2. The van der Waals surface area contributed by atoms with E-state index in [2.05, 4.69) is 5.32 Å². The molecule has 0 aromatic heterocycles. The molecular formula is C24H18ClNO4S. The Bertz CT molecular complexity index is 1350. The van der Waals surface area contributed by atoms with Crippen molar-refractivity contribution in [3.8, 4) is 5.75 Å². The Labute approximate surface area is 185 Å². The van der Waals surface area contributed by atoms with Gasteiger partial charge >= 0.3 is 5.97 Å². The summed E-state index contributed by atoms with van der Waals surface area (Å²) in [6.45, 7) is -0.210. The van der Waals surface area contributed by atoms with Gasteiger partial charge in [0, 0.05) is 15.8 Å². The van der Waals surface area contributed by atoms with Crippen LogP contribution in [-0.2, 0) is 14.6 Å². The van der Waals surface area contributed by atoms with E-state index >= 15 is 0 Å². The molecule has 0 aliphatic carbocycles. The van der Waals surface area contributed by atoms with Gasteiger partial charge in [0.1, 0.15) is 12.3 Å². The number of halogens is 1. The number of benzene rings is 4. The fourth-order valence-electron chi connectivity index (χ4n) is 3.22. The second-order valence-corrected chi connectivity index (χ2v) is 9.06. The zero-order valence-electron chi connectivity index (χ0n) is 16.3. The Morgan fingerprint density at radius 2 is 1.45 bits per heavy atom. The first-order valence-corrected chi connectivity index (χ1v) is 11.3. The fraction of sp³-hybridized carbons (Fsp3) is 0.0417. The number of hydrogen-bond donors (Lipinski definition) is 1. The zero-order chi connectivity index (χ0) is 21.8. The van der Waals surface area contributed by atoms with Crippen molar-refractivity contribution in [3.63, 3.8) is 0 Å². The SMILES string of the molecule is O=C(CNc1ccccc1S(=O)(=O)c1ccccc1)Oc1ccc(Cl)c2ccccc12. The minimum Gasteiger partial charge on any atom is -0.425 e. The summed E-state index contributed by atoms with van der Waals surface area (Å²) >= 11 is 6.21. The molecule has 156 valence electrons. The summed E-state index contributed by atoms with van der Waals surface area (Å²) in [5, 5.41) is 4.95. The van der Waals surface area contributed by atoms with Gasteiger partial charge in [0.05, 0.1) is 15.5 Å². The van der Waals surface area contributed by atoms with Crippen LogP contribution in [0.3, 0.4) is 0 Å². The molecule has 0 amide bonds. The summed E-state index contributed by atoms with van der Waals surface area (Å²) in [5.74, 6) is -0.170. The number of carbonyl (C=O) groups is 1. The average Bonchev–Trinajstić information content (AvgIpc) is 2.80. The molecule has 0 heterocycles. The largest absolute Gasteiger partial charge is 0.425 e. The molecule has 5 nitrogen and oxygen atoms in total. The lowest BCUT2D eigenvalue weighted by Crippen LogP contribution is -2.20. The van der Waals surface area contributed by atoms with Crippen LogP contribution in [0.1, 0.15) is 0 Å². The number of anilines is 1. The third kappa shape index (κ3) is 4.40. The van der Waals surface area contributed by atoms with Gasteiger partial charge in [0.15, 0.2) is 0 Å². The number of nitrogens with one attached hydrogen (secondary N) is 1. The van der Waals surface area contributed by atoms with E-state index in [1.54, 1.807) is 48.5 Å². The maximum absolute atomic E-state index is 13.0. The van der Waals surface area contributed by atoms with Crippen molar-refractivity contribution in [1.29, 1.82) is 0 Å². The Kier molecular flexibility index (Phi) is 5.93. The van der Waals surface area contributed by atoms with E-state index in [1.807, 2.05) is 24.3 Å². The lowest BCUT2D eigenvalue weighted by Gasteiger charge is -2.13. The van der Waals surface area contributed by atoms with Crippen LogP contribution in [0.25, 0.3) is 10.8 Å². The molecule has 4 aromatic carbocycles. The Hall–Kier alpha value is -3.35. The molecule has 0 spiro atoms. The third-order valence-corrected chi connectivity index (χ3v) is 6.87. The second kappa shape index (κ2) is 8.79. The molecule has 0 radical (unpaired) electrons. The monoisotopic (exact) mass is 451 g/mol. The van der Waals surface area contributed by atoms with Gasteiger partial charge in [-0.05, 0) is 36.4 Å². The van der Waals surface area contributed by atoms with Crippen molar-refractivity contribution in [2.45, 2.75) is 9.79 Å². The molecule has 0 saturated carbocycles. The van der Waals surface area contributed by atoms with E-state index in [-0.39, 0.29) is 16.3 Å². The van der Waals surface area contributed by atoms with Gasteiger partial charge in [-0.15, -0.1) is 0 Å². The van der Waals surface area contributed by atoms with E-state index in [0.29, 0.717) is 16.5 Å². The lowest BCUT2D eigenvalue weighted by molar-refractivity contribution is -0.132. The van der Waals surface area contributed by atoms with Crippen molar-refractivity contribution in [3.05, 3.63) is 96.0 Å². The third-order valence-electron chi connectivity index (χ3n) is 4.71. The van der Waals surface area contributed by atoms with Crippen LogP contribution in [0, 0.1) is 0 Å². The van der Waals surface area contributed by atoms with Crippen LogP contribution >= 0.6 is 11.6 Å². The number of esters is 1. The smallest absolute Gasteiger partial charge is 0.330 e. The molecule has 0 fully saturated rings. The number of rotatable bonds is 6. The van der Waals surface area contributed by atoms with E-state index in [0.717, 1.165) is 10.8 Å². The van der Waals surface area contributed by atoms with E-state index < -0.39 is 15.8 Å². The quantitative estimate of drug-likeness (QED) is 0.316. The minimum atomic E-state index is -3.74. The molecule has 0 unspecified atom stereocenters. The van der Waals surface area contributed by atoms with Crippen molar-refractivity contribution in [2.75, 3.05) is 11.9 Å². The average molecular weight is 452 g/mol. The first kappa shape index (κ1) is 20.9. The van der Waals surface area contributed by atoms with Gasteiger partial charge < -0.3 is 10.1 Å². The molecule has 7 heteroatoms. The summed E-state index contributed by atoms with van der Waals surface area (Å²) in [5.41, 5.74) is 0.323. The van der Waals surface area contributed by atoms with Crippen LogP contribution in [0.4, 0.5) is 5.69 Å². The standard InChI is InChI=1S/C24H18ClNO4S/c25-20-14-15-22(19-11-5-4-10-18(19)20)30-24(27)16-26-21-12-6-7-13-23(21)31(28,29)17-8-2-1-3-9-17/h1-15,26H,16H2. The van der Waals surface area contributed by atoms with Crippen molar-refractivity contribution >= 4 is 43.9 Å². The first-order valence-electron chi connectivity index (χ1n) is 9.48. The maximum atomic E-state index is 13.0. The number of para-hydroxylation sites is 1. The minimum absolute atomic E-state index is 0.0888. The van der Waals surface area contributed by atoms with Gasteiger partial charge in [-0.2, -0.15) is 0 Å². The van der Waals surface area contributed by atoms with E-state index in [1.165, 1.54) is 18.2 Å². The highest BCUT2D eigenvalue weighted by atomic mass is 35.5. The lowest BCUT2D eigenvalue weighted by atomic mass is 10.1. The summed E-state index contributed by atoms with van der Waals surface area (Å²) in [4.78, 5) is 12.7. The summed E-state index contributed by atoms with van der Waals surface area (Å²) in [7, 11) is -3.74. The topological polar surface area (TPSA) is 72.5 Å². The molecule has 0 saturated heterocycles. The van der Waals surface area contributed by atoms with Crippen LogP contribution < -0.4 is 10.1 Å². The molecular weight excluding hydrogens is 434 g/mol. The number of carbonyl (C=O) groups excluding carboxylic acids is 1. The van der Waals surface area contributed by atoms with Gasteiger partial charge in [-0.3, -0.25) is 0 Å². The fourth-order valence-corrected chi connectivity index (χ4v) is 4.91. The second-order valence-electron chi connectivity index (χ2n) is 6.73. The molecule has 0 aliphatic rings. The van der Waals surface area contributed by atoms with Crippen molar-refractivity contribution < 1.29 is 17.9 Å². The maximum Gasteiger partial charge on any atom is 0.330 e.